The zero-order valence-electron chi connectivity index (χ0n) is 7.46. The summed E-state index contributed by atoms with van der Waals surface area (Å²) in [6, 6.07) is 0. The van der Waals surface area contributed by atoms with Gasteiger partial charge in [-0.05, 0) is 12.2 Å². The molecule has 0 fully saturated rings. The van der Waals surface area contributed by atoms with Crippen molar-refractivity contribution in [2.24, 2.45) is 21.8 Å². The van der Waals surface area contributed by atoms with Crippen LogP contribution in [0.1, 0.15) is 13.8 Å². The summed E-state index contributed by atoms with van der Waals surface area (Å²) in [5.41, 5.74) is 2.17. The Bertz CT molecular complexity index is 150. The molecular weight excluding hydrogens is 146 g/mol. The predicted octanol–water partition coefficient (Wildman–Crippen LogP) is 1.31. The van der Waals surface area contributed by atoms with Crippen molar-refractivity contribution in [3.05, 3.63) is 0 Å². The van der Waals surface area contributed by atoms with Crippen molar-refractivity contribution in [1.82, 2.24) is 0 Å². The molecule has 2 N–H and O–H groups in total. The van der Waals surface area contributed by atoms with Crippen molar-refractivity contribution in [3.8, 4) is 0 Å². The molecule has 0 saturated carbocycles. The first kappa shape index (κ1) is 7.60. The summed E-state index contributed by atoms with van der Waals surface area (Å²) in [6.45, 7) is 4.04. The van der Waals surface area contributed by atoms with Crippen LogP contribution in [0.15, 0.2) is 10.2 Å². The minimum Gasteiger partial charge on any atom is -0.377 e. The molecule has 0 atom stereocenters. The monoisotopic (exact) mass is 160 g/mol. The minimum atomic E-state index is 0.396. The van der Waals surface area contributed by atoms with Crippen LogP contribution in [-0.2, 0) is 0 Å². The van der Waals surface area contributed by atoms with Crippen molar-refractivity contribution in [3.63, 3.8) is 0 Å². The molecule has 0 saturated heterocycles. The van der Waals surface area contributed by atoms with E-state index in [0.717, 1.165) is 0 Å². The van der Waals surface area contributed by atoms with Crippen LogP contribution in [-0.4, -0.2) is 17.6 Å². The molecule has 0 amide bonds. The third-order valence-electron chi connectivity index (χ3n) is 0.707. The summed E-state index contributed by atoms with van der Waals surface area (Å²) in [4.78, 5) is 0. The van der Waals surface area contributed by atoms with Crippen molar-refractivity contribution < 1.29 is 1.41 Å². The lowest BCUT2D eigenvalue weighted by Gasteiger charge is -1.90. The Morgan fingerprint density at radius 2 is 2.50 bits per heavy atom. The van der Waals surface area contributed by atoms with E-state index in [1.54, 1.807) is 6.21 Å². The summed E-state index contributed by atoms with van der Waals surface area (Å²) < 4.78 is 6.77. The molecule has 0 aromatic rings. The van der Waals surface area contributed by atoms with E-state index in [-0.39, 0.29) is 0 Å². The van der Waals surface area contributed by atoms with Gasteiger partial charge in [0, 0.05) is 6.21 Å². The average molecular weight is 160 g/mol. The topological polar surface area (TPSA) is 50.7 Å². The van der Waals surface area contributed by atoms with Gasteiger partial charge in [-0.2, -0.15) is 5.10 Å². The Kier molecular flexibility index (Phi) is 4.02. The first-order valence-electron chi connectivity index (χ1n) is 3.53. The minimum absolute atomic E-state index is 0.396. The molecule has 0 unspecified atom stereocenters. The molecule has 0 aliphatic heterocycles. The van der Waals surface area contributed by atoms with Crippen molar-refractivity contribution in [2.75, 3.05) is 6.26 Å². The largest absolute Gasteiger partial charge is 0.377 e. The van der Waals surface area contributed by atoms with Crippen LogP contribution < -0.4 is 5.73 Å². The molecule has 3 nitrogen and oxygen atoms in total. The van der Waals surface area contributed by atoms with Gasteiger partial charge in [0.15, 0.2) is 6.58 Å². The molecule has 0 aliphatic carbocycles. The third-order valence-corrected chi connectivity index (χ3v) is 1.18. The molecule has 0 aliphatic rings. The fourth-order valence-electron chi connectivity index (χ4n) is 0.260. The maximum absolute atomic E-state index is 6.77. The standard InChI is InChI=1S/C6H13N3S/c1-5(2)4-8-9-6(7)10-3/h4-5H,1-3H3,(H2,7,9)/b8-4+/i/hD. The summed E-state index contributed by atoms with van der Waals surface area (Å²) in [5.74, 6) is 0.396. The SMILES string of the molecule is [2H]N/C(=N/N=C/C(C)C)SC. The van der Waals surface area contributed by atoms with E-state index in [1.807, 2.05) is 20.1 Å². The van der Waals surface area contributed by atoms with E-state index in [2.05, 4.69) is 15.9 Å². The summed E-state index contributed by atoms with van der Waals surface area (Å²) in [6.07, 6.45) is 3.57. The van der Waals surface area contributed by atoms with Gasteiger partial charge < -0.3 is 5.73 Å². The fraction of sp³-hybridized carbons (Fsp3) is 0.667. The first-order chi connectivity index (χ1) is 5.20. The Balaban J connectivity index is 3.87. The lowest BCUT2D eigenvalue weighted by atomic mass is 10.3. The first-order valence-corrected chi connectivity index (χ1v) is 4.26. The highest BCUT2D eigenvalue weighted by molar-refractivity contribution is 8.13. The van der Waals surface area contributed by atoms with Crippen molar-refractivity contribution >= 4 is 23.1 Å². The number of hydrogen-bond donors (Lipinski definition) is 1. The number of hydrogen-bond acceptors (Lipinski definition) is 3. The van der Waals surface area contributed by atoms with Crippen LogP contribution in [0.3, 0.4) is 0 Å². The van der Waals surface area contributed by atoms with Gasteiger partial charge in [0.05, 0.1) is 0 Å². The van der Waals surface area contributed by atoms with E-state index in [1.165, 1.54) is 11.8 Å². The van der Waals surface area contributed by atoms with Crippen LogP contribution in [0.4, 0.5) is 0 Å². The molecule has 0 rings (SSSR count). The molecule has 0 heterocycles. The van der Waals surface area contributed by atoms with E-state index in [9.17, 15) is 0 Å². The molecule has 58 valence electrons. The second kappa shape index (κ2) is 5.29. The number of thioether (sulfide) groups is 1. The number of nitrogens with zero attached hydrogens (tertiary/aromatic N) is 2. The van der Waals surface area contributed by atoms with E-state index in [4.69, 9.17) is 1.41 Å². The van der Waals surface area contributed by atoms with Crippen LogP contribution in [0.5, 0.6) is 0 Å². The van der Waals surface area contributed by atoms with Gasteiger partial charge >= 0.3 is 0 Å². The average Bonchev–Trinajstić information content (AvgIpc) is 1.98. The fourth-order valence-corrected chi connectivity index (χ4v) is 0.389. The molecule has 0 aromatic carbocycles. The lowest BCUT2D eigenvalue weighted by Crippen LogP contribution is -2.04. The Labute approximate surface area is 67.3 Å². The number of amidine groups is 1. The van der Waals surface area contributed by atoms with Crippen molar-refractivity contribution in [1.29, 1.82) is 0 Å². The van der Waals surface area contributed by atoms with Gasteiger partial charge in [-0.1, -0.05) is 25.6 Å². The quantitative estimate of drug-likeness (QED) is 0.376. The number of nitrogens with two attached hydrogens (primary N) is 1. The Morgan fingerprint density at radius 1 is 1.80 bits per heavy atom. The second-order valence-electron chi connectivity index (χ2n) is 2.12. The second-order valence-corrected chi connectivity index (χ2v) is 2.91. The molecular formula is C6H13N3S. The number of rotatable bonds is 2. The summed E-state index contributed by atoms with van der Waals surface area (Å²) in [7, 11) is 0. The van der Waals surface area contributed by atoms with Gasteiger partial charge in [0.1, 0.15) is 0 Å². The highest BCUT2D eigenvalue weighted by Crippen LogP contribution is 1.91. The predicted molar refractivity (Wildman–Crippen MR) is 48.5 cm³/mol. The molecule has 0 radical (unpaired) electrons. The zero-order chi connectivity index (χ0) is 8.69. The van der Waals surface area contributed by atoms with Crippen LogP contribution in [0.25, 0.3) is 0 Å². The third kappa shape index (κ3) is 5.62. The Hall–Kier alpha value is -0.510. The molecule has 10 heavy (non-hydrogen) atoms. The summed E-state index contributed by atoms with van der Waals surface area (Å²) in [5, 5.41) is 8.03. The summed E-state index contributed by atoms with van der Waals surface area (Å²) >= 11 is 1.36. The van der Waals surface area contributed by atoms with Gasteiger partial charge in [-0.3, -0.25) is 0 Å². The van der Waals surface area contributed by atoms with Crippen LogP contribution in [0, 0.1) is 5.92 Å². The van der Waals surface area contributed by atoms with E-state index < -0.39 is 0 Å². The van der Waals surface area contributed by atoms with Crippen molar-refractivity contribution in [2.45, 2.75) is 13.8 Å². The van der Waals surface area contributed by atoms with Crippen LogP contribution >= 0.6 is 11.8 Å². The molecule has 4 heteroatoms. The maximum atomic E-state index is 6.77. The van der Waals surface area contributed by atoms with Gasteiger partial charge in [0.25, 0.3) is 0 Å². The molecule has 0 bridgehead atoms. The van der Waals surface area contributed by atoms with Gasteiger partial charge in [0.2, 0.25) is 0 Å². The maximum Gasteiger partial charge on any atom is 0.180 e. The lowest BCUT2D eigenvalue weighted by molar-refractivity contribution is 0.900. The Morgan fingerprint density at radius 3 is 2.90 bits per heavy atom. The smallest absolute Gasteiger partial charge is 0.180 e. The normalized spacial score (nSPS) is 14.4. The van der Waals surface area contributed by atoms with E-state index >= 15 is 0 Å². The van der Waals surface area contributed by atoms with Crippen LogP contribution in [0.2, 0.25) is 1.41 Å². The molecule has 0 aromatic heterocycles. The zero-order valence-corrected chi connectivity index (χ0v) is 7.27. The highest BCUT2D eigenvalue weighted by atomic mass is 32.2. The molecule has 0 spiro atoms. The van der Waals surface area contributed by atoms with Gasteiger partial charge in [-0.25, -0.2) is 0 Å². The van der Waals surface area contributed by atoms with Gasteiger partial charge in [-0.15, -0.1) is 5.10 Å². The van der Waals surface area contributed by atoms with E-state index in [0.29, 0.717) is 11.1 Å². The highest BCUT2D eigenvalue weighted by Gasteiger charge is 1.84.